The largest absolute Gasteiger partial charge is 0.365 e. The Hall–Kier alpha value is -1.34. The van der Waals surface area contributed by atoms with Crippen molar-refractivity contribution in [3.63, 3.8) is 0 Å². The number of nitriles is 1. The number of aromatic nitrogens is 1. The molecule has 0 aliphatic carbocycles. The molecular formula is C14H19ClFN3. The van der Waals surface area contributed by atoms with Gasteiger partial charge in [0.25, 0.3) is 0 Å². The lowest BCUT2D eigenvalue weighted by Crippen LogP contribution is -2.28. The molecule has 19 heavy (non-hydrogen) atoms. The van der Waals surface area contributed by atoms with Crippen LogP contribution in [0.1, 0.15) is 39.7 Å². The molecule has 0 saturated heterocycles. The fraction of sp³-hybridized carbons (Fsp3) is 0.571. The van der Waals surface area contributed by atoms with Gasteiger partial charge in [0.15, 0.2) is 11.6 Å². The minimum atomic E-state index is -0.546. The zero-order valence-electron chi connectivity index (χ0n) is 11.7. The minimum absolute atomic E-state index is 0.0263. The molecular weight excluding hydrogens is 265 g/mol. The van der Waals surface area contributed by atoms with E-state index in [1.807, 2.05) is 6.07 Å². The quantitative estimate of drug-likeness (QED) is 0.823. The van der Waals surface area contributed by atoms with E-state index in [1.165, 1.54) is 0 Å². The van der Waals surface area contributed by atoms with Crippen LogP contribution < -0.4 is 5.32 Å². The maximum Gasteiger partial charge on any atom is 0.166 e. The number of rotatable bonds is 5. The zero-order chi connectivity index (χ0) is 14.6. The SMILES string of the molecule is CC(C)C[C@@H](Nc1nc(Cl)c(C#N)cc1F)C(C)C. The first-order valence-corrected chi connectivity index (χ1v) is 6.75. The fourth-order valence-corrected chi connectivity index (χ4v) is 2.01. The van der Waals surface area contributed by atoms with Gasteiger partial charge in [0.05, 0.1) is 5.56 Å². The van der Waals surface area contributed by atoms with E-state index in [9.17, 15) is 4.39 Å². The Morgan fingerprint density at radius 2 is 2.05 bits per heavy atom. The molecule has 0 aromatic carbocycles. The first-order chi connectivity index (χ1) is 8.85. The van der Waals surface area contributed by atoms with Gasteiger partial charge in [-0.2, -0.15) is 5.26 Å². The molecule has 0 saturated carbocycles. The van der Waals surface area contributed by atoms with Gasteiger partial charge in [-0.25, -0.2) is 9.37 Å². The topological polar surface area (TPSA) is 48.7 Å². The molecule has 1 aromatic heterocycles. The van der Waals surface area contributed by atoms with E-state index >= 15 is 0 Å². The maximum absolute atomic E-state index is 13.8. The summed E-state index contributed by atoms with van der Waals surface area (Å²) >= 11 is 5.83. The van der Waals surface area contributed by atoms with Crippen molar-refractivity contribution in [1.29, 1.82) is 5.26 Å². The number of pyridine rings is 1. The summed E-state index contributed by atoms with van der Waals surface area (Å²) in [4.78, 5) is 3.93. The highest BCUT2D eigenvalue weighted by Crippen LogP contribution is 2.23. The average Bonchev–Trinajstić information content (AvgIpc) is 2.31. The van der Waals surface area contributed by atoms with Crippen molar-refractivity contribution in [3.8, 4) is 6.07 Å². The van der Waals surface area contributed by atoms with Crippen molar-refractivity contribution in [1.82, 2.24) is 4.98 Å². The molecule has 3 nitrogen and oxygen atoms in total. The van der Waals surface area contributed by atoms with Gasteiger partial charge in [-0.05, 0) is 24.3 Å². The third-order valence-electron chi connectivity index (χ3n) is 2.90. The average molecular weight is 284 g/mol. The van der Waals surface area contributed by atoms with E-state index in [0.717, 1.165) is 12.5 Å². The van der Waals surface area contributed by atoms with Crippen LogP contribution in [-0.4, -0.2) is 11.0 Å². The summed E-state index contributed by atoms with van der Waals surface area (Å²) in [7, 11) is 0. The van der Waals surface area contributed by atoms with E-state index in [0.29, 0.717) is 11.8 Å². The van der Waals surface area contributed by atoms with Gasteiger partial charge in [0, 0.05) is 6.04 Å². The highest BCUT2D eigenvalue weighted by Gasteiger charge is 2.18. The number of halogens is 2. The first-order valence-electron chi connectivity index (χ1n) is 6.37. The van der Waals surface area contributed by atoms with Crippen LogP contribution in [0.5, 0.6) is 0 Å². The van der Waals surface area contributed by atoms with Crippen LogP contribution in [0.3, 0.4) is 0 Å². The molecule has 1 heterocycles. The summed E-state index contributed by atoms with van der Waals surface area (Å²) in [6.45, 7) is 8.38. The summed E-state index contributed by atoms with van der Waals surface area (Å²) < 4.78 is 13.8. The molecule has 1 atom stereocenters. The normalized spacial score (nSPS) is 12.6. The third-order valence-corrected chi connectivity index (χ3v) is 3.19. The molecule has 1 N–H and O–H groups in total. The number of hydrogen-bond donors (Lipinski definition) is 1. The van der Waals surface area contributed by atoms with Gasteiger partial charge in [0.1, 0.15) is 11.2 Å². The lowest BCUT2D eigenvalue weighted by Gasteiger charge is -2.25. The fourth-order valence-electron chi connectivity index (χ4n) is 1.83. The van der Waals surface area contributed by atoms with E-state index in [-0.39, 0.29) is 22.6 Å². The van der Waals surface area contributed by atoms with Crippen molar-refractivity contribution in [2.75, 3.05) is 5.32 Å². The van der Waals surface area contributed by atoms with Crippen LogP contribution in [0, 0.1) is 29.0 Å². The van der Waals surface area contributed by atoms with Gasteiger partial charge < -0.3 is 5.32 Å². The van der Waals surface area contributed by atoms with E-state index < -0.39 is 5.82 Å². The van der Waals surface area contributed by atoms with Crippen LogP contribution in [0.15, 0.2) is 6.07 Å². The molecule has 0 aliphatic rings. The van der Waals surface area contributed by atoms with Gasteiger partial charge in [-0.3, -0.25) is 0 Å². The number of hydrogen-bond acceptors (Lipinski definition) is 3. The zero-order valence-corrected chi connectivity index (χ0v) is 12.4. The number of anilines is 1. The summed E-state index contributed by atoms with van der Waals surface area (Å²) in [6, 6.07) is 3.04. The Kier molecular flexibility index (Phi) is 5.56. The number of nitrogens with one attached hydrogen (secondary N) is 1. The molecule has 0 spiro atoms. The predicted molar refractivity (Wildman–Crippen MR) is 75.6 cm³/mol. The van der Waals surface area contributed by atoms with Crippen molar-refractivity contribution >= 4 is 17.4 Å². The Morgan fingerprint density at radius 1 is 1.42 bits per heavy atom. The molecule has 0 aliphatic heterocycles. The van der Waals surface area contributed by atoms with E-state index in [1.54, 1.807) is 0 Å². The second kappa shape index (κ2) is 6.72. The van der Waals surface area contributed by atoms with Crippen molar-refractivity contribution in [2.45, 2.75) is 40.2 Å². The highest BCUT2D eigenvalue weighted by atomic mass is 35.5. The molecule has 0 amide bonds. The van der Waals surface area contributed by atoms with Crippen molar-refractivity contribution in [3.05, 3.63) is 22.6 Å². The van der Waals surface area contributed by atoms with Crippen LogP contribution in [-0.2, 0) is 0 Å². The molecule has 104 valence electrons. The van der Waals surface area contributed by atoms with Gasteiger partial charge in [0.2, 0.25) is 0 Å². The Bertz CT molecular complexity index is 480. The molecule has 0 unspecified atom stereocenters. The van der Waals surface area contributed by atoms with Gasteiger partial charge in [-0.15, -0.1) is 0 Å². The molecule has 0 fully saturated rings. The second-order valence-corrected chi connectivity index (χ2v) is 5.75. The Balaban J connectivity index is 2.97. The van der Waals surface area contributed by atoms with Gasteiger partial charge in [-0.1, -0.05) is 39.3 Å². The summed E-state index contributed by atoms with van der Waals surface area (Å²) in [5, 5.41) is 11.9. The highest BCUT2D eigenvalue weighted by molar-refractivity contribution is 6.30. The predicted octanol–water partition coefficient (Wildman–Crippen LogP) is 4.23. The molecule has 1 rings (SSSR count). The van der Waals surface area contributed by atoms with Gasteiger partial charge >= 0.3 is 0 Å². The van der Waals surface area contributed by atoms with E-state index in [2.05, 4.69) is 38.0 Å². The maximum atomic E-state index is 13.8. The molecule has 1 aromatic rings. The lowest BCUT2D eigenvalue weighted by atomic mass is 9.94. The smallest absolute Gasteiger partial charge is 0.166 e. The second-order valence-electron chi connectivity index (χ2n) is 5.39. The lowest BCUT2D eigenvalue weighted by molar-refractivity contribution is 0.426. The summed E-state index contributed by atoms with van der Waals surface area (Å²) in [6.07, 6.45) is 0.913. The van der Waals surface area contributed by atoms with E-state index in [4.69, 9.17) is 16.9 Å². The van der Waals surface area contributed by atoms with Crippen molar-refractivity contribution < 1.29 is 4.39 Å². The summed E-state index contributed by atoms with van der Waals surface area (Å²) in [5.41, 5.74) is 0.0506. The number of nitrogens with zero attached hydrogens (tertiary/aromatic N) is 2. The molecule has 5 heteroatoms. The Morgan fingerprint density at radius 3 is 2.53 bits per heavy atom. The summed E-state index contributed by atoms with van der Waals surface area (Å²) in [5.74, 6) is 0.411. The third kappa shape index (κ3) is 4.36. The van der Waals surface area contributed by atoms with Crippen molar-refractivity contribution in [2.24, 2.45) is 11.8 Å². The molecule has 0 radical (unpaired) electrons. The molecule has 0 bridgehead atoms. The minimum Gasteiger partial charge on any atom is -0.365 e. The first kappa shape index (κ1) is 15.7. The standard InChI is InChI=1S/C14H19ClFN3/c1-8(2)5-12(9(3)4)18-14-11(16)6-10(7-17)13(15)19-14/h6,8-9,12H,5H2,1-4H3,(H,18,19)/t12-/m1/s1. The van der Waals surface area contributed by atoms with Crippen LogP contribution in [0.4, 0.5) is 10.2 Å². The Labute approximate surface area is 118 Å². The van der Waals surface area contributed by atoms with Crippen LogP contribution in [0.2, 0.25) is 5.15 Å². The van der Waals surface area contributed by atoms with Crippen LogP contribution in [0.25, 0.3) is 0 Å². The van der Waals surface area contributed by atoms with Crippen LogP contribution >= 0.6 is 11.6 Å². The monoisotopic (exact) mass is 283 g/mol.